The smallest absolute Gasteiger partial charge is 0.254 e. The Balaban J connectivity index is 1.32. The predicted molar refractivity (Wildman–Crippen MR) is 159 cm³/mol. The molecule has 2 aromatic carbocycles. The minimum atomic E-state index is -0.166. The van der Waals surface area contributed by atoms with Gasteiger partial charge in [0.25, 0.3) is 5.91 Å². The first-order chi connectivity index (χ1) is 20.5. The van der Waals surface area contributed by atoms with Gasteiger partial charge in [-0.2, -0.15) is 0 Å². The van der Waals surface area contributed by atoms with Gasteiger partial charge in [-0.3, -0.25) is 9.59 Å². The number of carbonyl (C=O) groups is 2. The summed E-state index contributed by atoms with van der Waals surface area (Å²) >= 11 is 0. The summed E-state index contributed by atoms with van der Waals surface area (Å²) in [5, 5.41) is 0. The third-order valence-corrected chi connectivity index (χ3v) is 7.89. The lowest BCUT2D eigenvalue weighted by Gasteiger charge is -2.29. The molecule has 2 aliphatic rings. The molecule has 2 amide bonds. The van der Waals surface area contributed by atoms with E-state index in [2.05, 4.69) is 6.92 Å². The second-order valence-electron chi connectivity index (χ2n) is 11.3. The van der Waals surface area contributed by atoms with Crippen LogP contribution in [-0.2, 0) is 29.0 Å². The quantitative estimate of drug-likeness (QED) is 0.211. The van der Waals surface area contributed by atoms with Crippen molar-refractivity contribution in [3.63, 3.8) is 0 Å². The van der Waals surface area contributed by atoms with Crippen LogP contribution < -0.4 is 9.47 Å². The molecule has 1 aromatic heterocycles. The Kier molecular flexibility index (Phi) is 10.2. The van der Waals surface area contributed by atoms with Crippen LogP contribution in [0.1, 0.15) is 78.5 Å². The van der Waals surface area contributed by atoms with Gasteiger partial charge in [-0.1, -0.05) is 44.4 Å². The van der Waals surface area contributed by atoms with Crippen molar-refractivity contribution >= 4 is 11.8 Å². The van der Waals surface area contributed by atoms with Gasteiger partial charge in [0.1, 0.15) is 18.1 Å². The zero-order valence-corrected chi connectivity index (χ0v) is 24.8. The maximum atomic E-state index is 13.9. The molecule has 1 atom stereocenters. The fraction of sp³-hybridized carbons (Fsp3) is 0.471. The Morgan fingerprint density at radius 3 is 2.43 bits per heavy atom. The summed E-state index contributed by atoms with van der Waals surface area (Å²) in [5.74, 6) is 2.50. The number of aryl methyl sites for hydroxylation is 2. The Bertz CT molecular complexity index is 1330. The number of carbonyl (C=O) groups excluding carboxylic acids is 2. The van der Waals surface area contributed by atoms with E-state index in [1.807, 2.05) is 61.5 Å². The number of furan rings is 1. The summed E-state index contributed by atoms with van der Waals surface area (Å²) in [4.78, 5) is 31.1. The molecule has 0 saturated carbocycles. The van der Waals surface area contributed by atoms with Gasteiger partial charge in [0.15, 0.2) is 11.5 Å². The Labute approximate surface area is 248 Å². The first kappa shape index (κ1) is 29.7. The van der Waals surface area contributed by atoms with Gasteiger partial charge in [0.2, 0.25) is 12.7 Å². The zero-order chi connectivity index (χ0) is 29.3. The third kappa shape index (κ3) is 7.94. The van der Waals surface area contributed by atoms with Crippen LogP contribution in [-0.4, -0.2) is 54.2 Å². The average molecular weight is 575 g/mol. The predicted octanol–water partition coefficient (Wildman–Crippen LogP) is 6.29. The van der Waals surface area contributed by atoms with Crippen molar-refractivity contribution in [3.05, 3.63) is 82.8 Å². The molecule has 0 bridgehead atoms. The Morgan fingerprint density at radius 1 is 0.881 bits per heavy atom. The SMILES string of the molecule is CCCCCCc1ccc(C(=O)N(CC(=O)N(Cc2ccc3c(c2)OCO3)Cc2ccc(C)o2)CC2CCCO2)cc1. The van der Waals surface area contributed by atoms with Crippen LogP contribution in [0.4, 0.5) is 0 Å². The van der Waals surface area contributed by atoms with E-state index in [1.54, 1.807) is 9.80 Å². The molecule has 1 saturated heterocycles. The van der Waals surface area contributed by atoms with Gasteiger partial charge in [-0.05, 0) is 80.1 Å². The summed E-state index contributed by atoms with van der Waals surface area (Å²) < 4.78 is 22.7. The molecule has 0 N–H and O–H groups in total. The van der Waals surface area contributed by atoms with Crippen LogP contribution in [0.5, 0.6) is 11.5 Å². The summed E-state index contributed by atoms with van der Waals surface area (Å²) in [6, 6.07) is 17.3. The maximum absolute atomic E-state index is 13.9. The number of unbranched alkanes of at least 4 members (excludes halogenated alkanes) is 3. The molecule has 5 rings (SSSR count). The van der Waals surface area contributed by atoms with Gasteiger partial charge >= 0.3 is 0 Å². The van der Waals surface area contributed by atoms with Crippen molar-refractivity contribution in [3.8, 4) is 11.5 Å². The Morgan fingerprint density at radius 2 is 1.69 bits per heavy atom. The highest BCUT2D eigenvalue weighted by molar-refractivity contribution is 5.96. The number of hydrogen-bond acceptors (Lipinski definition) is 6. The molecule has 3 heterocycles. The minimum Gasteiger partial charge on any atom is -0.464 e. The van der Waals surface area contributed by atoms with E-state index in [0.29, 0.717) is 42.5 Å². The monoisotopic (exact) mass is 574 g/mol. The number of nitrogens with zero attached hydrogens (tertiary/aromatic N) is 2. The molecule has 8 nitrogen and oxygen atoms in total. The highest BCUT2D eigenvalue weighted by Crippen LogP contribution is 2.33. The molecule has 1 fully saturated rings. The zero-order valence-electron chi connectivity index (χ0n) is 24.8. The minimum absolute atomic E-state index is 0.0539. The van der Waals surface area contributed by atoms with E-state index in [0.717, 1.165) is 37.0 Å². The lowest BCUT2D eigenvalue weighted by atomic mass is 10.0. The number of hydrogen-bond donors (Lipinski definition) is 0. The van der Waals surface area contributed by atoms with E-state index < -0.39 is 0 Å². The largest absolute Gasteiger partial charge is 0.464 e. The highest BCUT2D eigenvalue weighted by atomic mass is 16.7. The van der Waals surface area contributed by atoms with Crippen LogP contribution in [0.3, 0.4) is 0 Å². The summed E-state index contributed by atoms with van der Waals surface area (Å²) in [6.45, 7) is 5.91. The molecule has 8 heteroatoms. The molecule has 42 heavy (non-hydrogen) atoms. The van der Waals surface area contributed by atoms with E-state index in [9.17, 15) is 9.59 Å². The second-order valence-corrected chi connectivity index (χ2v) is 11.3. The van der Waals surface area contributed by atoms with E-state index in [1.165, 1.54) is 24.8 Å². The van der Waals surface area contributed by atoms with Crippen LogP contribution in [0.2, 0.25) is 0 Å². The molecule has 2 aliphatic heterocycles. The third-order valence-electron chi connectivity index (χ3n) is 7.89. The highest BCUT2D eigenvalue weighted by Gasteiger charge is 2.28. The van der Waals surface area contributed by atoms with E-state index in [4.69, 9.17) is 18.6 Å². The van der Waals surface area contributed by atoms with Crippen molar-refractivity contribution < 1.29 is 28.2 Å². The first-order valence-electron chi connectivity index (χ1n) is 15.2. The molecule has 0 aliphatic carbocycles. The first-order valence-corrected chi connectivity index (χ1v) is 15.2. The topological polar surface area (TPSA) is 81.5 Å². The lowest BCUT2D eigenvalue weighted by Crippen LogP contribution is -2.45. The molecule has 3 aromatic rings. The van der Waals surface area contributed by atoms with Crippen molar-refractivity contribution in [1.29, 1.82) is 0 Å². The molecule has 224 valence electrons. The van der Waals surface area contributed by atoms with E-state index >= 15 is 0 Å². The van der Waals surface area contributed by atoms with Crippen molar-refractivity contribution in [1.82, 2.24) is 9.80 Å². The van der Waals surface area contributed by atoms with Crippen molar-refractivity contribution in [2.24, 2.45) is 0 Å². The van der Waals surface area contributed by atoms with Crippen LogP contribution in [0, 0.1) is 6.92 Å². The van der Waals surface area contributed by atoms with Gasteiger partial charge in [0, 0.05) is 25.3 Å². The van der Waals surface area contributed by atoms with E-state index in [-0.39, 0.29) is 37.8 Å². The fourth-order valence-electron chi connectivity index (χ4n) is 5.52. The van der Waals surface area contributed by atoms with Crippen molar-refractivity contribution in [2.75, 3.05) is 26.5 Å². The van der Waals surface area contributed by atoms with Crippen LogP contribution in [0.15, 0.2) is 59.0 Å². The van der Waals surface area contributed by atoms with Gasteiger partial charge < -0.3 is 28.4 Å². The summed E-state index contributed by atoms with van der Waals surface area (Å²) in [5.41, 5.74) is 2.72. The number of fused-ring (bicyclic) bond motifs is 1. The number of amides is 2. The summed E-state index contributed by atoms with van der Waals surface area (Å²) in [7, 11) is 0. The maximum Gasteiger partial charge on any atom is 0.254 e. The fourth-order valence-corrected chi connectivity index (χ4v) is 5.52. The number of benzene rings is 2. The Hall–Kier alpha value is -3.78. The average Bonchev–Trinajstić information content (AvgIpc) is 3.77. The molecule has 1 unspecified atom stereocenters. The van der Waals surface area contributed by atoms with Gasteiger partial charge in [0.05, 0.1) is 12.6 Å². The molecule has 0 radical (unpaired) electrons. The molecular weight excluding hydrogens is 532 g/mol. The lowest BCUT2D eigenvalue weighted by molar-refractivity contribution is -0.133. The standard InChI is InChI=1S/C34H42N2O6/c1-3-4-5-6-8-26-11-14-28(15-12-26)34(38)36(21-29-9-7-18-39-29)23-33(37)35(22-30-16-10-25(2)42-30)20-27-13-17-31-32(19-27)41-24-40-31/h10-17,19,29H,3-9,18,20-24H2,1-2H3. The number of rotatable bonds is 14. The molecular formula is C34H42N2O6. The van der Waals surface area contributed by atoms with Crippen molar-refractivity contribution in [2.45, 2.75) is 78.0 Å². The van der Waals surface area contributed by atoms with Gasteiger partial charge in [-0.15, -0.1) is 0 Å². The second kappa shape index (κ2) is 14.4. The van der Waals surface area contributed by atoms with Crippen LogP contribution >= 0.6 is 0 Å². The number of ether oxygens (including phenoxy) is 3. The normalized spacial score (nSPS) is 15.6. The van der Waals surface area contributed by atoms with Crippen LogP contribution in [0.25, 0.3) is 0 Å². The summed E-state index contributed by atoms with van der Waals surface area (Å²) in [6.07, 6.45) is 7.59. The van der Waals surface area contributed by atoms with Gasteiger partial charge in [-0.25, -0.2) is 0 Å². The molecule has 0 spiro atoms.